The third-order valence-electron chi connectivity index (χ3n) is 3.82. The monoisotopic (exact) mass is 331 g/mol. The van der Waals surface area contributed by atoms with Gasteiger partial charge in [-0.1, -0.05) is 35.5 Å². The van der Waals surface area contributed by atoms with Crippen LogP contribution in [0.15, 0.2) is 34.9 Å². The zero-order valence-corrected chi connectivity index (χ0v) is 13.6. The summed E-state index contributed by atoms with van der Waals surface area (Å²) < 4.78 is 16.1. The molecule has 0 aliphatic carbocycles. The standard InChI is InChI=1S/C17H21N3O4/c1-2-23-14-11-22-10-13(14)18-15(21)8-9-16-19-17(20-24-16)12-6-4-3-5-7-12/h3-7,13-14H,2,8-11H2,1H3,(H,18,21)/t13-,14-/m1/s1. The van der Waals surface area contributed by atoms with E-state index < -0.39 is 0 Å². The van der Waals surface area contributed by atoms with E-state index in [2.05, 4.69) is 15.5 Å². The fourth-order valence-corrected chi connectivity index (χ4v) is 2.61. The molecular formula is C17H21N3O4. The van der Waals surface area contributed by atoms with E-state index in [1.54, 1.807) is 0 Å². The summed E-state index contributed by atoms with van der Waals surface area (Å²) >= 11 is 0. The number of rotatable bonds is 7. The summed E-state index contributed by atoms with van der Waals surface area (Å²) in [5.74, 6) is 0.911. The number of aromatic nitrogens is 2. The number of benzene rings is 1. The van der Waals surface area contributed by atoms with Crippen molar-refractivity contribution in [3.05, 3.63) is 36.2 Å². The first kappa shape index (κ1) is 16.6. The molecular weight excluding hydrogens is 310 g/mol. The van der Waals surface area contributed by atoms with Crippen LogP contribution in [0.3, 0.4) is 0 Å². The minimum absolute atomic E-state index is 0.0744. The van der Waals surface area contributed by atoms with Crippen molar-refractivity contribution in [2.75, 3.05) is 19.8 Å². The molecule has 1 fully saturated rings. The van der Waals surface area contributed by atoms with E-state index in [-0.39, 0.29) is 24.5 Å². The predicted octanol–water partition coefficient (Wildman–Crippen LogP) is 1.59. The van der Waals surface area contributed by atoms with Gasteiger partial charge in [-0.3, -0.25) is 4.79 Å². The summed E-state index contributed by atoms with van der Waals surface area (Å²) in [6, 6.07) is 9.48. The van der Waals surface area contributed by atoms with Crippen LogP contribution in [0.1, 0.15) is 19.2 Å². The summed E-state index contributed by atoms with van der Waals surface area (Å²) in [5.41, 5.74) is 0.889. The molecule has 0 spiro atoms. The Kier molecular flexibility index (Phi) is 5.55. The highest BCUT2D eigenvalue weighted by Crippen LogP contribution is 2.15. The van der Waals surface area contributed by atoms with Gasteiger partial charge < -0.3 is 19.3 Å². The molecule has 1 N–H and O–H groups in total. The van der Waals surface area contributed by atoms with E-state index in [9.17, 15) is 4.79 Å². The Bertz CT molecular complexity index is 659. The number of nitrogens with zero attached hydrogens (tertiary/aromatic N) is 2. The van der Waals surface area contributed by atoms with Crippen molar-refractivity contribution in [1.29, 1.82) is 0 Å². The summed E-state index contributed by atoms with van der Waals surface area (Å²) in [5, 5.41) is 6.89. The van der Waals surface area contributed by atoms with Crippen LogP contribution < -0.4 is 5.32 Å². The van der Waals surface area contributed by atoms with Crippen LogP contribution in [0, 0.1) is 0 Å². The molecule has 7 heteroatoms. The maximum Gasteiger partial charge on any atom is 0.227 e. The van der Waals surface area contributed by atoms with Crippen molar-refractivity contribution in [2.24, 2.45) is 0 Å². The van der Waals surface area contributed by atoms with Crippen LogP contribution in [-0.2, 0) is 20.7 Å². The molecule has 24 heavy (non-hydrogen) atoms. The van der Waals surface area contributed by atoms with E-state index in [0.29, 0.717) is 38.0 Å². The molecule has 0 unspecified atom stereocenters. The Hall–Kier alpha value is -2.25. The zero-order chi connectivity index (χ0) is 16.8. The molecule has 1 amide bonds. The van der Waals surface area contributed by atoms with Crippen LogP contribution in [0.4, 0.5) is 0 Å². The first-order chi connectivity index (χ1) is 11.8. The van der Waals surface area contributed by atoms with Crippen molar-refractivity contribution in [3.63, 3.8) is 0 Å². The molecule has 1 aliphatic rings. The van der Waals surface area contributed by atoms with E-state index in [1.165, 1.54) is 0 Å². The fourth-order valence-electron chi connectivity index (χ4n) is 2.61. The third kappa shape index (κ3) is 4.18. The van der Waals surface area contributed by atoms with E-state index in [4.69, 9.17) is 14.0 Å². The Morgan fingerprint density at radius 1 is 1.33 bits per heavy atom. The average molecular weight is 331 g/mol. The second kappa shape index (κ2) is 8.03. The fraction of sp³-hybridized carbons (Fsp3) is 0.471. The van der Waals surface area contributed by atoms with Gasteiger partial charge >= 0.3 is 0 Å². The predicted molar refractivity (Wildman–Crippen MR) is 86.2 cm³/mol. The number of nitrogens with one attached hydrogen (secondary N) is 1. The summed E-state index contributed by atoms with van der Waals surface area (Å²) in [7, 11) is 0. The van der Waals surface area contributed by atoms with Gasteiger partial charge in [0.15, 0.2) is 0 Å². The highest BCUT2D eigenvalue weighted by atomic mass is 16.5. The van der Waals surface area contributed by atoms with Gasteiger partial charge in [0, 0.05) is 25.0 Å². The first-order valence-electron chi connectivity index (χ1n) is 8.13. The second-order valence-electron chi connectivity index (χ2n) is 5.58. The van der Waals surface area contributed by atoms with E-state index >= 15 is 0 Å². The minimum atomic E-state index is -0.0972. The second-order valence-corrected chi connectivity index (χ2v) is 5.58. The van der Waals surface area contributed by atoms with Gasteiger partial charge in [0.1, 0.15) is 6.10 Å². The number of amides is 1. The van der Waals surface area contributed by atoms with Gasteiger partial charge in [0.2, 0.25) is 17.6 Å². The van der Waals surface area contributed by atoms with E-state index in [0.717, 1.165) is 5.56 Å². The molecule has 1 aromatic carbocycles. The summed E-state index contributed by atoms with van der Waals surface area (Å²) in [6.07, 6.45) is 0.608. The number of hydrogen-bond acceptors (Lipinski definition) is 6. The average Bonchev–Trinajstić information content (AvgIpc) is 3.24. The van der Waals surface area contributed by atoms with Crippen LogP contribution >= 0.6 is 0 Å². The Labute approximate surface area is 140 Å². The lowest BCUT2D eigenvalue weighted by Crippen LogP contribution is -2.43. The van der Waals surface area contributed by atoms with Gasteiger partial charge in [-0.2, -0.15) is 4.98 Å². The quantitative estimate of drug-likeness (QED) is 0.829. The maximum atomic E-state index is 12.1. The molecule has 1 aliphatic heterocycles. The van der Waals surface area contributed by atoms with Gasteiger partial charge in [-0.05, 0) is 6.92 Å². The lowest BCUT2D eigenvalue weighted by molar-refractivity contribution is -0.122. The molecule has 1 aromatic heterocycles. The molecule has 0 radical (unpaired) electrons. The van der Waals surface area contributed by atoms with Crippen LogP contribution in [-0.4, -0.2) is 48.0 Å². The van der Waals surface area contributed by atoms with Gasteiger partial charge in [-0.25, -0.2) is 0 Å². The number of carbonyl (C=O) groups excluding carboxylic acids is 1. The first-order valence-corrected chi connectivity index (χ1v) is 8.13. The molecule has 3 rings (SSSR count). The summed E-state index contributed by atoms with van der Waals surface area (Å²) in [4.78, 5) is 16.4. The number of aryl methyl sites for hydroxylation is 1. The Morgan fingerprint density at radius 2 is 2.17 bits per heavy atom. The maximum absolute atomic E-state index is 12.1. The highest BCUT2D eigenvalue weighted by molar-refractivity contribution is 5.76. The molecule has 2 heterocycles. The lowest BCUT2D eigenvalue weighted by atomic mass is 10.2. The van der Waals surface area contributed by atoms with Crippen molar-refractivity contribution in [3.8, 4) is 11.4 Å². The lowest BCUT2D eigenvalue weighted by Gasteiger charge is -2.18. The van der Waals surface area contributed by atoms with E-state index in [1.807, 2.05) is 37.3 Å². The van der Waals surface area contributed by atoms with Crippen LogP contribution in [0.5, 0.6) is 0 Å². The minimum Gasteiger partial charge on any atom is -0.376 e. The SMILES string of the molecule is CCO[C@@H]1COC[C@H]1NC(=O)CCc1nc(-c2ccccc2)no1. The molecule has 2 aromatic rings. The highest BCUT2D eigenvalue weighted by Gasteiger charge is 2.29. The number of hydrogen-bond donors (Lipinski definition) is 1. The zero-order valence-electron chi connectivity index (χ0n) is 13.6. The van der Waals surface area contributed by atoms with Crippen molar-refractivity contribution in [1.82, 2.24) is 15.5 Å². The van der Waals surface area contributed by atoms with Gasteiger partial charge in [0.25, 0.3) is 0 Å². The summed E-state index contributed by atoms with van der Waals surface area (Å²) in [6.45, 7) is 3.53. The van der Waals surface area contributed by atoms with Gasteiger partial charge in [0.05, 0.1) is 19.3 Å². The molecule has 1 saturated heterocycles. The van der Waals surface area contributed by atoms with Gasteiger partial charge in [-0.15, -0.1) is 0 Å². The number of carbonyl (C=O) groups is 1. The number of ether oxygens (including phenoxy) is 2. The molecule has 0 saturated carbocycles. The van der Waals surface area contributed by atoms with Crippen molar-refractivity contribution >= 4 is 5.91 Å². The largest absolute Gasteiger partial charge is 0.376 e. The van der Waals surface area contributed by atoms with Crippen LogP contribution in [0.2, 0.25) is 0 Å². The normalized spacial score (nSPS) is 20.2. The molecule has 2 atom stereocenters. The van der Waals surface area contributed by atoms with Crippen molar-refractivity contribution < 1.29 is 18.8 Å². The molecule has 7 nitrogen and oxygen atoms in total. The third-order valence-corrected chi connectivity index (χ3v) is 3.82. The van der Waals surface area contributed by atoms with Crippen LogP contribution in [0.25, 0.3) is 11.4 Å². The Morgan fingerprint density at radius 3 is 2.96 bits per heavy atom. The van der Waals surface area contributed by atoms with Crippen molar-refractivity contribution in [2.45, 2.75) is 31.9 Å². The molecule has 0 bridgehead atoms. The molecule has 128 valence electrons. The topological polar surface area (TPSA) is 86.5 Å². The Balaban J connectivity index is 1.49. The smallest absolute Gasteiger partial charge is 0.227 e.